The first-order valence-electron chi connectivity index (χ1n) is 7.51. The molecule has 4 nitrogen and oxygen atoms in total. The minimum atomic E-state index is 0.156. The number of amides is 1. The predicted octanol–water partition coefficient (Wildman–Crippen LogP) is 1.69. The Bertz CT molecular complexity index is 502. The fourth-order valence-corrected chi connectivity index (χ4v) is 3.56. The van der Waals surface area contributed by atoms with Crippen LogP contribution in [0.4, 0.5) is 0 Å². The van der Waals surface area contributed by atoms with Gasteiger partial charge in [0.25, 0.3) is 0 Å². The molecule has 1 aromatic rings. The second kappa shape index (κ2) is 5.54. The summed E-state index contributed by atoms with van der Waals surface area (Å²) in [5.41, 5.74) is 8.95. The minimum absolute atomic E-state index is 0.156. The van der Waals surface area contributed by atoms with Gasteiger partial charge in [0, 0.05) is 45.2 Å². The Labute approximate surface area is 120 Å². The molecule has 2 N–H and O–H groups in total. The molecule has 2 unspecified atom stereocenters. The van der Waals surface area contributed by atoms with Crippen LogP contribution in [0.3, 0.4) is 0 Å². The normalized spacial score (nSPS) is 27.2. The van der Waals surface area contributed by atoms with E-state index >= 15 is 0 Å². The average molecular weight is 273 g/mol. The van der Waals surface area contributed by atoms with Crippen molar-refractivity contribution < 1.29 is 4.79 Å². The van der Waals surface area contributed by atoms with Crippen LogP contribution in [-0.2, 0) is 4.79 Å². The van der Waals surface area contributed by atoms with E-state index in [1.165, 1.54) is 11.1 Å². The molecule has 1 heterocycles. The van der Waals surface area contributed by atoms with Crippen molar-refractivity contribution in [1.82, 2.24) is 9.80 Å². The number of hydrogen-bond acceptors (Lipinski definition) is 3. The maximum absolute atomic E-state index is 11.5. The Kier molecular flexibility index (Phi) is 3.76. The number of carbonyl (C=O) groups is 1. The lowest BCUT2D eigenvalue weighted by atomic mass is 10.1. The summed E-state index contributed by atoms with van der Waals surface area (Å²) in [6.07, 6.45) is 2.05. The first-order chi connectivity index (χ1) is 9.66. The van der Waals surface area contributed by atoms with E-state index in [0.29, 0.717) is 6.04 Å². The summed E-state index contributed by atoms with van der Waals surface area (Å²) in [7, 11) is 0. The number of nitrogens with two attached hydrogens (primary N) is 1. The van der Waals surface area contributed by atoms with Crippen LogP contribution in [0.25, 0.3) is 0 Å². The summed E-state index contributed by atoms with van der Waals surface area (Å²) in [5, 5.41) is 0. The number of rotatable bonds is 1. The number of nitrogens with zero attached hydrogens (tertiary/aromatic N) is 2. The molecule has 0 bridgehead atoms. The smallest absolute Gasteiger partial charge is 0.219 e. The third kappa shape index (κ3) is 2.45. The maximum atomic E-state index is 11.5. The molecule has 2 atom stereocenters. The summed E-state index contributed by atoms with van der Waals surface area (Å²) >= 11 is 0. The number of benzene rings is 1. The van der Waals surface area contributed by atoms with Gasteiger partial charge in [-0.3, -0.25) is 9.69 Å². The third-order valence-corrected chi connectivity index (χ3v) is 4.65. The van der Waals surface area contributed by atoms with E-state index < -0.39 is 0 Å². The van der Waals surface area contributed by atoms with Gasteiger partial charge < -0.3 is 10.6 Å². The van der Waals surface area contributed by atoms with Gasteiger partial charge in [0.2, 0.25) is 5.91 Å². The van der Waals surface area contributed by atoms with Gasteiger partial charge >= 0.3 is 0 Å². The van der Waals surface area contributed by atoms with Crippen molar-refractivity contribution in [1.29, 1.82) is 0 Å². The van der Waals surface area contributed by atoms with Crippen molar-refractivity contribution >= 4 is 5.91 Å². The summed E-state index contributed by atoms with van der Waals surface area (Å²) < 4.78 is 0. The van der Waals surface area contributed by atoms with Gasteiger partial charge in [-0.05, 0) is 24.0 Å². The van der Waals surface area contributed by atoms with Crippen LogP contribution in [-0.4, -0.2) is 41.9 Å². The van der Waals surface area contributed by atoms with Crippen LogP contribution in [0.1, 0.15) is 43.0 Å². The van der Waals surface area contributed by atoms with Crippen molar-refractivity contribution in [2.45, 2.75) is 31.8 Å². The Morgan fingerprint density at radius 2 is 1.90 bits per heavy atom. The van der Waals surface area contributed by atoms with Crippen LogP contribution in [0.2, 0.25) is 0 Å². The zero-order chi connectivity index (χ0) is 14.1. The highest BCUT2D eigenvalue weighted by atomic mass is 16.2. The van der Waals surface area contributed by atoms with Crippen molar-refractivity contribution in [2.24, 2.45) is 5.73 Å². The fourth-order valence-electron chi connectivity index (χ4n) is 3.56. The van der Waals surface area contributed by atoms with Crippen LogP contribution in [0.5, 0.6) is 0 Å². The zero-order valence-electron chi connectivity index (χ0n) is 12.1. The molecule has 1 fully saturated rings. The predicted molar refractivity (Wildman–Crippen MR) is 79.2 cm³/mol. The van der Waals surface area contributed by atoms with Crippen LogP contribution in [0, 0.1) is 0 Å². The molecule has 0 radical (unpaired) electrons. The highest BCUT2D eigenvalue weighted by Crippen LogP contribution is 2.40. The molecule has 1 amide bonds. The van der Waals surface area contributed by atoms with Crippen molar-refractivity contribution in [3.63, 3.8) is 0 Å². The maximum Gasteiger partial charge on any atom is 0.219 e. The van der Waals surface area contributed by atoms with Gasteiger partial charge in [0.1, 0.15) is 0 Å². The Morgan fingerprint density at radius 1 is 1.15 bits per heavy atom. The van der Waals surface area contributed by atoms with Gasteiger partial charge in [-0.25, -0.2) is 0 Å². The first-order valence-corrected chi connectivity index (χ1v) is 7.51. The molecular formula is C16H23N3O. The lowest BCUT2D eigenvalue weighted by molar-refractivity contribution is -0.128. The highest BCUT2D eigenvalue weighted by Gasteiger charge is 2.33. The molecule has 108 valence electrons. The minimum Gasteiger partial charge on any atom is -0.342 e. The third-order valence-electron chi connectivity index (χ3n) is 4.65. The fraction of sp³-hybridized carbons (Fsp3) is 0.562. The molecular weight excluding hydrogens is 250 g/mol. The van der Waals surface area contributed by atoms with Crippen LogP contribution < -0.4 is 5.73 Å². The Morgan fingerprint density at radius 3 is 2.65 bits per heavy atom. The van der Waals surface area contributed by atoms with Crippen molar-refractivity contribution in [3.8, 4) is 0 Å². The van der Waals surface area contributed by atoms with E-state index in [1.807, 2.05) is 4.90 Å². The molecule has 20 heavy (non-hydrogen) atoms. The summed E-state index contributed by atoms with van der Waals surface area (Å²) in [4.78, 5) is 16.0. The molecule has 3 rings (SSSR count). The molecule has 2 aliphatic rings. The summed E-state index contributed by atoms with van der Waals surface area (Å²) in [6.45, 7) is 5.38. The molecule has 4 heteroatoms. The van der Waals surface area contributed by atoms with Gasteiger partial charge in [-0.15, -0.1) is 0 Å². The van der Waals surface area contributed by atoms with Crippen molar-refractivity contribution in [2.75, 3.05) is 26.2 Å². The standard InChI is InChI=1S/C16H23N3O/c1-12(20)18-7-4-8-19(10-9-18)16-11-15(17)13-5-2-3-6-14(13)16/h2-3,5-6,15-16H,4,7-11,17H2,1H3. The SMILES string of the molecule is CC(=O)N1CCCN(C2CC(N)c3ccccc32)CC1. The molecule has 1 aliphatic carbocycles. The molecule has 0 aromatic heterocycles. The zero-order valence-corrected chi connectivity index (χ0v) is 12.1. The van der Waals surface area contributed by atoms with Crippen LogP contribution >= 0.6 is 0 Å². The molecule has 1 aromatic carbocycles. The molecule has 1 saturated heterocycles. The van der Waals surface area contributed by atoms with E-state index in [-0.39, 0.29) is 11.9 Å². The quantitative estimate of drug-likeness (QED) is 0.847. The van der Waals surface area contributed by atoms with Gasteiger partial charge in [-0.2, -0.15) is 0 Å². The topological polar surface area (TPSA) is 49.6 Å². The summed E-state index contributed by atoms with van der Waals surface area (Å²) in [6, 6.07) is 9.11. The second-order valence-corrected chi connectivity index (χ2v) is 5.88. The second-order valence-electron chi connectivity index (χ2n) is 5.88. The summed E-state index contributed by atoms with van der Waals surface area (Å²) in [5.74, 6) is 0.190. The van der Waals surface area contributed by atoms with E-state index in [0.717, 1.165) is 39.0 Å². The highest BCUT2D eigenvalue weighted by molar-refractivity contribution is 5.73. The Balaban J connectivity index is 1.76. The average Bonchev–Trinajstić information content (AvgIpc) is 2.65. The monoisotopic (exact) mass is 273 g/mol. The number of hydrogen-bond donors (Lipinski definition) is 1. The van der Waals surface area contributed by atoms with Crippen LogP contribution in [0.15, 0.2) is 24.3 Å². The van der Waals surface area contributed by atoms with E-state index in [2.05, 4.69) is 29.2 Å². The molecule has 1 aliphatic heterocycles. The lowest BCUT2D eigenvalue weighted by Crippen LogP contribution is -2.35. The van der Waals surface area contributed by atoms with Gasteiger partial charge in [0.15, 0.2) is 0 Å². The molecule has 0 saturated carbocycles. The Hall–Kier alpha value is -1.39. The van der Waals surface area contributed by atoms with E-state index in [9.17, 15) is 4.79 Å². The molecule has 0 spiro atoms. The van der Waals surface area contributed by atoms with Crippen molar-refractivity contribution in [3.05, 3.63) is 35.4 Å². The number of fused-ring (bicyclic) bond motifs is 1. The van der Waals surface area contributed by atoms with Gasteiger partial charge in [-0.1, -0.05) is 24.3 Å². The first kappa shape index (κ1) is 13.6. The lowest BCUT2D eigenvalue weighted by Gasteiger charge is -2.28. The van der Waals surface area contributed by atoms with Gasteiger partial charge in [0.05, 0.1) is 0 Å². The number of carbonyl (C=O) groups excluding carboxylic acids is 1. The van der Waals surface area contributed by atoms with E-state index in [4.69, 9.17) is 5.73 Å². The van der Waals surface area contributed by atoms with E-state index in [1.54, 1.807) is 6.92 Å². The largest absolute Gasteiger partial charge is 0.342 e.